The van der Waals surface area contributed by atoms with Crippen molar-refractivity contribution in [2.45, 2.75) is 26.7 Å². The molecule has 2 heterocycles. The summed E-state index contributed by atoms with van der Waals surface area (Å²) < 4.78 is 0. The standard InChI is InChI=1S/C17H21N3O/c1-13-8-10-19(11-9-13)12-16-14(2)18-20(17(16)21)15-6-4-3-5-7-15/h3-7,12-13H,8-11H2,1-2H3. The quantitative estimate of drug-likeness (QED) is 0.782. The maximum absolute atomic E-state index is 12.6. The van der Waals surface area contributed by atoms with Crippen LogP contribution in [-0.4, -0.2) is 29.6 Å². The maximum Gasteiger partial charge on any atom is 0.282 e. The number of amides is 1. The first-order valence-corrected chi connectivity index (χ1v) is 7.56. The van der Waals surface area contributed by atoms with E-state index in [0.717, 1.165) is 30.4 Å². The molecule has 110 valence electrons. The van der Waals surface area contributed by atoms with E-state index in [-0.39, 0.29) is 5.91 Å². The van der Waals surface area contributed by atoms with E-state index >= 15 is 0 Å². The number of para-hydroxylation sites is 1. The molecule has 1 saturated heterocycles. The summed E-state index contributed by atoms with van der Waals surface area (Å²) in [4.78, 5) is 14.8. The van der Waals surface area contributed by atoms with E-state index in [1.54, 1.807) is 0 Å². The first kappa shape index (κ1) is 13.9. The van der Waals surface area contributed by atoms with Crippen molar-refractivity contribution < 1.29 is 4.79 Å². The van der Waals surface area contributed by atoms with Crippen LogP contribution in [0.5, 0.6) is 0 Å². The molecule has 1 fully saturated rings. The van der Waals surface area contributed by atoms with Crippen LogP contribution < -0.4 is 5.01 Å². The molecule has 0 unspecified atom stereocenters. The minimum Gasteiger partial charge on any atom is -0.377 e. The Kier molecular flexibility index (Phi) is 3.78. The van der Waals surface area contributed by atoms with Crippen molar-refractivity contribution in [3.05, 3.63) is 42.1 Å². The van der Waals surface area contributed by atoms with Crippen LogP contribution in [0.1, 0.15) is 26.7 Å². The van der Waals surface area contributed by atoms with Gasteiger partial charge in [0.25, 0.3) is 5.91 Å². The average molecular weight is 283 g/mol. The predicted molar refractivity (Wildman–Crippen MR) is 85.1 cm³/mol. The maximum atomic E-state index is 12.6. The van der Waals surface area contributed by atoms with E-state index in [4.69, 9.17) is 0 Å². The van der Waals surface area contributed by atoms with Crippen LogP contribution in [0.4, 0.5) is 5.69 Å². The lowest BCUT2D eigenvalue weighted by molar-refractivity contribution is -0.114. The molecule has 0 bridgehead atoms. The molecule has 0 aromatic heterocycles. The normalized spacial score (nSPS) is 22.1. The Morgan fingerprint density at radius 2 is 1.86 bits per heavy atom. The second kappa shape index (κ2) is 5.72. The molecule has 3 rings (SSSR count). The number of piperidine rings is 1. The highest BCUT2D eigenvalue weighted by molar-refractivity contribution is 6.29. The van der Waals surface area contributed by atoms with Crippen LogP contribution in [0.2, 0.25) is 0 Å². The van der Waals surface area contributed by atoms with Gasteiger partial charge >= 0.3 is 0 Å². The third-order valence-electron chi connectivity index (χ3n) is 4.19. The minimum atomic E-state index is -0.0303. The number of nitrogens with zero attached hydrogens (tertiary/aromatic N) is 3. The van der Waals surface area contributed by atoms with Gasteiger partial charge in [0.15, 0.2) is 0 Å². The SMILES string of the molecule is CC1=NN(c2ccccc2)C(=O)C1=CN1CCC(C)CC1. The second-order valence-corrected chi connectivity index (χ2v) is 5.90. The first-order valence-electron chi connectivity index (χ1n) is 7.56. The van der Waals surface area contributed by atoms with Gasteiger partial charge in [-0.3, -0.25) is 4.79 Å². The van der Waals surface area contributed by atoms with Crippen LogP contribution in [0.25, 0.3) is 0 Å². The van der Waals surface area contributed by atoms with Gasteiger partial charge in [0.1, 0.15) is 0 Å². The summed E-state index contributed by atoms with van der Waals surface area (Å²) in [5.74, 6) is 0.756. The zero-order valence-electron chi connectivity index (χ0n) is 12.6. The fraction of sp³-hybridized carbons (Fsp3) is 0.412. The van der Waals surface area contributed by atoms with Crippen LogP contribution in [0.15, 0.2) is 47.2 Å². The number of hydrogen-bond donors (Lipinski definition) is 0. The van der Waals surface area contributed by atoms with Crippen LogP contribution in [0.3, 0.4) is 0 Å². The van der Waals surface area contributed by atoms with E-state index < -0.39 is 0 Å². The Balaban J connectivity index is 1.79. The van der Waals surface area contributed by atoms with Crippen LogP contribution in [-0.2, 0) is 4.79 Å². The Morgan fingerprint density at radius 3 is 2.52 bits per heavy atom. The molecule has 0 spiro atoms. The summed E-state index contributed by atoms with van der Waals surface area (Å²) in [6, 6.07) is 9.58. The number of carbonyl (C=O) groups excluding carboxylic acids is 1. The van der Waals surface area contributed by atoms with Crippen LogP contribution in [0, 0.1) is 5.92 Å². The second-order valence-electron chi connectivity index (χ2n) is 5.90. The van der Waals surface area contributed by atoms with Gasteiger partial charge in [-0.25, -0.2) is 0 Å². The molecule has 0 atom stereocenters. The molecule has 2 aliphatic heterocycles. The lowest BCUT2D eigenvalue weighted by atomic mass is 9.99. The summed E-state index contributed by atoms with van der Waals surface area (Å²) in [6.45, 7) is 6.24. The highest BCUT2D eigenvalue weighted by Gasteiger charge is 2.29. The monoisotopic (exact) mass is 283 g/mol. The Morgan fingerprint density at radius 1 is 1.19 bits per heavy atom. The van der Waals surface area contributed by atoms with Crippen molar-refractivity contribution in [2.75, 3.05) is 18.1 Å². The number of anilines is 1. The fourth-order valence-corrected chi connectivity index (χ4v) is 2.75. The lowest BCUT2D eigenvalue weighted by Crippen LogP contribution is -2.30. The number of carbonyl (C=O) groups is 1. The summed E-state index contributed by atoms with van der Waals surface area (Å²) in [7, 11) is 0. The van der Waals surface area contributed by atoms with E-state index in [9.17, 15) is 4.79 Å². The van der Waals surface area contributed by atoms with Gasteiger partial charge in [0.2, 0.25) is 0 Å². The van der Waals surface area contributed by atoms with E-state index in [2.05, 4.69) is 16.9 Å². The highest BCUT2D eigenvalue weighted by Crippen LogP contribution is 2.24. The predicted octanol–water partition coefficient (Wildman–Crippen LogP) is 3.02. The topological polar surface area (TPSA) is 35.9 Å². The Hall–Kier alpha value is -2.10. The number of hydrogen-bond acceptors (Lipinski definition) is 3. The van der Waals surface area contributed by atoms with E-state index in [1.807, 2.05) is 43.5 Å². The molecule has 2 aliphatic rings. The van der Waals surface area contributed by atoms with Gasteiger partial charge in [0, 0.05) is 19.3 Å². The molecule has 0 N–H and O–H groups in total. The fourth-order valence-electron chi connectivity index (χ4n) is 2.75. The van der Waals surface area contributed by atoms with Crippen molar-refractivity contribution in [2.24, 2.45) is 11.0 Å². The summed E-state index contributed by atoms with van der Waals surface area (Å²) in [6.07, 6.45) is 4.38. The highest BCUT2D eigenvalue weighted by atomic mass is 16.2. The molecular formula is C17H21N3O. The van der Waals surface area contributed by atoms with Crippen LogP contribution >= 0.6 is 0 Å². The van der Waals surface area contributed by atoms with Crippen molar-refractivity contribution >= 4 is 17.3 Å². The Labute approximate surface area is 125 Å². The van der Waals surface area contributed by atoms with Crippen molar-refractivity contribution in [1.82, 2.24) is 4.90 Å². The molecule has 4 nitrogen and oxygen atoms in total. The third kappa shape index (κ3) is 2.84. The summed E-state index contributed by atoms with van der Waals surface area (Å²) in [5, 5.41) is 5.90. The van der Waals surface area contributed by atoms with Crippen molar-refractivity contribution in [3.63, 3.8) is 0 Å². The van der Waals surface area contributed by atoms with Gasteiger partial charge in [0.05, 0.1) is 17.0 Å². The third-order valence-corrected chi connectivity index (χ3v) is 4.19. The number of rotatable bonds is 2. The van der Waals surface area contributed by atoms with Gasteiger partial charge in [-0.15, -0.1) is 0 Å². The number of benzene rings is 1. The molecule has 0 aliphatic carbocycles. The minimum absolute atomic E-state index is 0.0303. The first-order chi connectivity index (χ1) is 10.1. The molecule has 1 aromatic carbocycles. The van der Waals surface area contributed by atoms with Gasteiger partial charge in [-0.2, -0.15) is 10.1 Å². The van der Waals surface area contributed by atoms with Crippen molar-refractivity contribution in [1.29, 1.82) is 0 Å². The van der Waals surface area contributed by atoms with Gasteiger partial charge in [-0.05, 0) is 37.8 Å². The molecule has 1 amide bonds. The van der Waals surface area contributed by atoms with E-state index in [1.165, 1.54) is 17.9 Å². The summed E-state index contributed by atoms with van der Waals surface area (Å²) >= 11 is 0. The Bertz CT molecular complexity index is 583. The lowest BCUT2D eigenvalue weighted by Gasteiger charge is -2.29. The average Bonchev–Trinajstić information content (AvgIpc) is 2.78. The van der Waals surface area contributed by atoms with E-state index in [0.29, 0.717) is 5.57 Å². The number of likely N-dealkylation sites (tertiary alicyclic amines) is 1. The number of hydrazone groups is 1. The molecular weight excluding hydrogens is 262 g/mol. The van der Waals surface area contributed by atoms with Crippen molar-refractivity contribution in [3.8, 4) is 0 Å². The molecule has 21 heavy (non-hydrogen) atoms. The zero-order chi connectivity index (χ0) is 14.8. The molecule has 4 heteroatoms. The van der Waals surface area contributed by atoms with Gasteiger partial charge < -0.3 is 4.90 Å². The summed E-state index contributed by atoms with van der Waals surface area (Å²) in [5.41, 5.74) is 2.33. The molecule has 0 radical (unpaired) electrons. The van der Waals surface area contributed by atoms with Gasteiger partial charge in [-0.1, -0.05) is 25.1 Å². The molecule has 1 aromatic rings. The zero-order valence-corrected chi connectivity index (χ0v) is 12.6. The smallest absolute Gasteiger partial charge is 0.282 e. The largest absolute Gasteiger partial charge is 0.377 e. The molecule has 0 saturated carbocycles.